The number of rotatable bonds is 6. The van der Waals surface area contributed by atoms with Crippen molar-refractivity contribution in [1.82, 2.24) is 20.2 Å². The number of carbonyl (C=O) groups is 1. The highest BCUT2D eigenvalue weighted by Crippen LogP contribution is 2.19. The van der Waals surface area contributed by atoms with Crippen molar-refractivity contribution in [1.29, 1.82) is 0 Å². The maximum absolute atomic E-state index is 12.3. The molecule has 0 spiro atoms. The minimum absolute atomic E-state index is 0.415. The van der Waals surface area contributed by atoms with Gasteiger partial charge < -0.3 is 9.47 Å². The van der Waals surface area contributed by atoms with Crippen molar-refractivity contribution in [3.05, 3.63) is 60.4 Å². The standard InChI is InChI=1S/C18H18N4O3/c1-13(2)11-24-16-8-6-14(7-9-16)18(23)25-17-5-3-4-15(10-17)22-12-19-20-21-22/h3-10,12-13H,11H2,1-2H3. The third-order valence-corrected chi connectivity index (χ3v) is 3.32. The van der Waals surface area contributed by atoms with Gasteiger partial charge in [0.15, 0.2) is 0 Å². The van der Waals surface area contributed by atoms with Crippen LogP contribution in [0.25, 0.3) is 5.69 Å². The Morgan fingerprint density at radius 3 is 2.60 bits per heavy atom. The fourth-order valence-electron chi connectivity index (χ4n) is 2.09. The summed E-state index contributed by atoms with van der Waals surface area (Å²) in [5.41, 5.74) is 1.15. The second-order valence-electron chi connectivity index (χ2n) is 5.87. The highest BCUT2D eigenvalue weighted by atomic mass is 16.5. The normalized spacial score (nSPS) is 10.7. The molecule has 0 N–H and O–H groups in total. The molecular formula is C18H18N4O3. The van der Waals surface area contributed by atoms with Gasteiger partial charge in [-0.3, -0.25) is 0 Å². The average Bonchev–Trinajstić information content (AvgIpc) is 3.15. The minimum atomic E-state index is -0.440. The number of hydrogen-bond acceptors (Lipinski definition) is 6. The molecule has 1 heterocycles. The van der Waals surface area contributed by atoms with E-state index in [0.29, 0.717) is 29.5 Å². The Labute approximate surface area is 145 Å². The highest BCUT2D eigenvalue weighted by molar-refractivity contribution is 5.91. The molecule has 3 aromatic rings. The van der Waals surface area contributed by atoms with Gasteiger partial charge in [0, 0.05) is 6.07 Å². The maximum Gasteiger partial charge on any atom is 0.343 e. The van der Waals surface area contributed by atoms with Crippen molar-refractivity contribution >= 4 is 5.97 Å². The molecule has 7 nitrogen and oxygen atoms in total. The number of tetrazole rings is 1. The highest BCUT2D eigenvalue weighted by Gasteiger charge is 2.10. The van der Waals surface area contributed by atoms with E-state index >= 15 is 0 Å². The smallest absolute Gasteiger partial charge is 0.343 e. The van der Waals surface area contributed by atoms with Crippen LogP contribution in [0.15, 0.2) is 54.9 Å². The van der Waals surface area contributed by atoms with Gasteiger partial charge in [-0.1, -0.05) is 19.9 Å². The Kier molecular flexibility index (Phi) is 5.03. The monoisotopic (exact) mass is 338 g/mol. The zero-order valence-electron chi connectivity index (χ0n) is 14.0. The number of nitrogens with zero attached hydrogens (tertiary/aromatic N) is 4. The molecule has 0 aliphatic heterocycles. The topological polar surface area (TPSA) is 79.1 Å². The van der Waals surface area contributed by atoms with Crippen LogP contribution in [0.1, 0.15) is 24.2 Å². The van der Waals surface area contributed by atoms with E-state index in [1.54, 1.807) is 42.5 Å². The van der Waals surface area contributed by atoms with Crippen LogP contribution in [-0.4, -0.2) is 32.8 Å². The molecule has 0 unspecified atom stereocenters. The average molecular weight is 338 g/mol. The molecule has 7 heteroatoms. The Bertz CT molecular complexity index is 830. The fourth-order valence-corrected chi connectivity index (χ4v) is 2.09. The van der Waals surface area contributed by atoms with Crippen LogP contribution < -0.4 is 9.47 Å². The predicted molar refractivity (Wildman–Crippen MR) is 90.9 cm³/mol. The van der Waals surface area contributed by atoms with Crippen molar-refractivity contribution in [2.45, 2.75) is 13.8 Å². The number of hydrogen-bond donors (Lipinski definition) is 0. The summed E-state index contributed by atoms with van der Waals surface area (Å²) in [5.74, 6) is 1.14. The second-order valence-corrected chi connectivity index (χ2v) is 5.87. The van der Waals surface area contributed by atoms with Gasteiger partial charge >= 0.3 is 5.97 Å². The number of aromatic nitrogens is 4. The zero-order chi connectivity index (χ0) is 17.6. The summed E-state index contributed by atoms with van der Waals surface area (Å²) in [5, 5.41) is 11.0. The lowest BCUT2D eigenvalue weighted by atomic mass is 10.2. The quantitative estimate of drug-likeness (QED) is 0.508. The number of benzene rings is 2. The first-order valence-corrected chi connectivity index (χ1v) is 7.90. The van der Waals surface area contributed by atoms with Crippen LogP contribution in [0.4, 0.5) is 0 Å². The Hall–Kier alpha value is -3.22. The van der Waals surface area contributed by atoms with E-state index in [4.69, 9.17) is 9.47 Å². The number of ether oxygens (including phenoxy) is 2. The van der Waals surface area contributed by atoms with Gasteiger partial charge in [-0.15, -0.1) is 5.10 Å². The molecule has 128 valence electrons. The minimum Gasteiger partial charge on any atom is -0.493 e. The van der Waals surface area contributed by atoms with Crippen molar-refractivity contribution < 1.29 is 14.3 Å². The Balaban J connectivity index is 1.67. The Morgan fingerprint density at radius 1 is 1.12 bits per heavy atom. The number of esters is 1. The molecule has 1 aromatic heterocycles. The van der Waals surface area contributed by atoms with Crippen LogP contribution in [0.5, 0.6) is 11.5 Å². The SMILES string of the molecule is CC(C)COc1ccc(C(=O)Oc2cccc(-n3cnnn3)c2)cc1. The van der Waals surface area contributed by atoms with E-state index in [1.165, 1.54) is 11.0 Å². The van der Waals surface area contributed by atoms with Gasteiger partial charge in [0.1, 0.15) is 17.8 Å². The molecule has 0 saturated carbocycles. The molecule has 3 rings (SSSR count). The lowest BCUT2D eigenvalue weighted by Gasteiger charge is -2.09. The molecule has 0 atom stereocenters. The van der Waals surface area contributed by atoms with Gasteiger partial charge in [0.25, 0.3) is 0 Å². The zero-order valence-corrected chi connectivity index (χ0v) is 14.0. The first-order chi connectivity index (χ1) is 12.1. The molecule has 0 saturated heterocycles. The molecule has 25 heavy (non-hydrogen) atoms. The third kappa shape index (κ3) is 4.41. The molecule has 0 aliphatic carbocycles. The maximum atomic E-state index is 12.3. The first kappa shape index (κ1) is 16.6. The lowest BCUT2D eigenvalue weighted by Crippen LogP contribution is -2.09. The van der Waals surface area contributed by atoms with Gasteiger partial charge in [0.2, 0.25) is 0 Å². The number of carbonyl (C=O) groups excluding carboxylic acids is 1. The summed E-state index contributed by atoms with van der Waals surface area (Å²) in [6, 6.07) is 13.9. The van der Waals surface area contributed by atoms with E-state index < -0.39 is 5.97 Å². The molecule has 0 bridgehead atoms. The summed E-state index contributed by atoms with van der Waals surface area (Å²) in [7, 11) is 0. The fraction of sp³-hybridized carbons (Fsp3) is 0.222. The third-order valence-electron chi connectivity index (χ3n) is 3.32. The summed E-state index contributed by atoms with van der Waals surface area (Å²) < 4.78 is 12.5. The van der Waals surface area contributed by atoms with Gasteiger partial charge in [-0.05, 0) is 52.7 Å². The van der Waals surface area contributed by atoms with E-state index in [9.17, 15) is 4.79 Å². The summed E-state index contributed by atoms with van der Waals surface area (Å²) in [6.45, 7) is 4.79. The molecule has 2 aromatic carbocycles. The summed E-state index contributed by atoms with van der Waals surface area (Å²) in [6.07, 6.45) is 1.47. The summed E-state index contributed by atoms with van der Waals surface area (Å²) >= 11 is 0. The van der Waals surface area contributed by atoms with Gasteiger partial charge in [0.05, 0.1) is 17.9 Å². The lowest BCUT2D eigenvalue weighted by molar-refractivity contribution is 0.0734. The van der Waals surface area contributed by atoms with Crippen molar-refractivity contribution in [3.8, 4) is 17.2 Å². The second kappa shape index (κ2) is 7.57. The van der Waals surface area contributed by atoms with Crippen molar-refractivity contribution in [2.75, 3.05) is 6.61 Å². The first-order valence-electron chi connectivity index (χ1n) is 7.90. The molecular weight excluding hydrogens is 320 g/mol. The molecule has 0 fully saturated rings. The van der Waals surface area contributed by atoms with Gasteiger partial charge in [-0.25, -0.2) is 9.48 Å². The van der Waals surface area contributed by atoms with E-state index in [0.717, 1.165) is 5.75 Å². The van der Waals surface area contributed by atoms with Crippen LogP contribution in [0, 0.1) is 5.92 Å². The van der Waals surface area contributed by atoms with Crippen LogP contribution >= 0.6 is 0 Å². The van der Waals surface area contributed by atoms with Crippen LogP contribution in [-0.2, 0) is 0 Å². The van der Waals surface area contributed by atoms with Crippen molar-refractivity contribution in [3.63, 3.8) is 0 Å². The molecule has 0 amide bonds. The van der Waals surface area contributed by atoms with E-state index in [2.05, 4.69) is 29.4 Å². The largest absolute Gasteiger partial charge is 0.493 e. The van der Waals surface area contributed by atoms with E-state index in [1.807, 2.05) is 6.07 Å². The summed E-state index contributed by atoms with van der Waals surface area (Å²) in [4.78, 5) is 12.3. The predicted octanol–water partition coefficient (Wildman–Crippen LogP) is 2.92. The van der Waals surface area contributed by atoms with E-state index in [-0.39, 0.29) is 0 Å². The van der Waals surface area contributed by atoms with Gasteiger partial charge in [-0.2, -0.15) is 0 Å². The Morgan fingerprint density at radius 2 is 1.92 bits per heavy atom. The van der Waals surface area contributed by atoms with Crippen molar-refractivity contribution in [2.24, 2.45) is 5.92 Å². The molecule has 0 aliphatic rings. The molecule has 0 radical (unpaired) electrons. The van der Waals surface area contributed by atoms with Crippen LogP contribution in [0.3, 0.4) is 0 Å². The van der Waals surface area contributed by atoms with Crippen LogP contribution in [0.2, 0.25) is 0 Å².